The number of hydrogen-bond acceptors (Lipinski definition) is 7. The third-order valence-electron chi connectivity index (χ3n) is 3.94. The number of anilines is 2. The highest BCUT2D eigenvalue weighted by molar-refractivity contribution is 7.15. The van der Waals surface area contributed by atoms with Gasteiger partial charge in [0.05, 0.1) is 5.69 Å². The fourth-order valence-electron chi connectivity index (χ4n) is 2.83. The number of carbonyl (C=O) groups is 1. The first-order chi connectivity index (χ1) is 11.5. The fourth-order valence-corrected chi connectivity index (χ4v) is 3.50. The number of nitrogens with zero attached hydrogens (tertiary/aromatic N) is 4. The Bertz CT molecular complexity index is 733. The minimum Gasteiger partial charge on any atom is -0.375 e. The molecule has 3 rings (SSSR count). The molecule has 128 valence electrons. The highest BCUT2D eigenvalue weighted by atomic mass is 32.1. The Morgan fingerprint density at radius 3 is 3.00 bits per heavy atom. The van der Waals surface area contributed by atoms with Crippen molar-refractivity contribution in [1.82, 2.24) is 19.9 Å². The number of thiazole rings is 1. The van der Waals surface area contributed by atoms with Crippen LogP contribution in [0, 0.1) is 13.8 Å². The second-order valence-electron chi connectivity index (χ2n) is 5.88. The van der Waals surface area contributed by atoms with Crippen molar-refractivity contribution < 1.29 is 9.53 Å². The van der Waals surface area contributed by atoms with Gasteiger partial charge in [0.2, 0.25) is 5.91 Å². The summed E-state index contributed by atoms with van der Waals surface area (Å²) >= 11 is 1.59. The largest absolute Gasteiger partial charge is 0.375 e. The lowest BCUT2D eigenvalue weighted by Crippen LogP contribution is -2.31. The van der Waals surface area contributed by atoms with E-state index in [0.717, 1.165) is 34.5 Å². The molecule has 1 unspecified atom stereocenters. The standard InChI is InChI=1S/C16H21N5O2S/c1-10-7-17-16(24-10)20-14-6-13(18-11(2)19-14)12-4-5-21(8-12)15(22)9-23-3/h6-7,12H,4-5,8-9H2,1-3H3,(H,17,18,19,20). The summed E-state index contributed by atoms with van der Waals surface area (Å²) in [6, 6.07) is 1.96. The summed E-state index contributed by atoms with van der Waals surface area (Å²) in [7, 11) is 1.54. The van der Waals surface area contributed by atoms with E-state index >= 15 is 0 Å². The van der Waals surface area contributed by atoms with Crippen LogP contribution >= 0.6 is 11.3 Å². The number of hydrogen-bond donors (Lipinski definition) is 1. The predicted molar refractivity (Wildman–Crippen MR) is 92.7 cm³/mol. The summed E-state index contributed by atoms with van der Waals surface area (Å²) in [5.41, 5.74) is 0.964. The first-order valence-electron chi connectivity index (χ1n) is 7.87. The van der Waals surface area contributed by atoms with Crippen molar-refractivity contribution >= 4 is 28.2 Å². The minimum absolute atomic E-state index is 0.0300. The van der Waals surface area contributed by atoms with E-state index in [9.17, 15) is 4.79 Å². The molecule has 8 heteroatoms. The Balaban J connectivity index is 1.73. The maximum Gasteiger partial charge on any atom is 0.248 e. The van der Waals surface area contributed by atoms with Crippen LogP contribution in [0.2, 0.25) is 0 Å². The SMILES string of the molecule is COCC(=O)N1CCC(c2cc(Nc3ncc(C)s3)nc(C)n2)C1. The van der Waals surface area contributed by atoms with Crippen molar-refractivity contribution in [2.75, 3.05) is 32.1 Å². The van der Waals surface area contributed by atoms with Gasteiger partial charge in [-0.15, -0.1) is 11.3 Å². The van der Waals surface area contributed by atoms with Gasteiger partial charge in [0.15, 0.2) is 5.13 Å². The molecule has 0 saturated carbocycles. The Labute approximate surface area is 145 Å². The quantitative estimate of drug-likeness (QED) is 0.893. The molecule has 3 heterocycles. The molecule has 1 fully saturated rings. The van der Waals surface area contributed by atoms with Crippen molar-refractivity contribution in [3.63, 3.8) is 0 Å². The van der Waals surface area contributed by atoms with Crippen LogP contribution in [0.5, 0.6) is 0 Å². The lowest BCUT2D eigenvalue weighted by Gasteiger charge is -2.16. The molecule has 2 aromatic rings. The number of ether oxygens (including phenoxy) is 1. The van der Waals surface area contributed by atoms with Crippen molar-refractivity contribution in [3.8, 4) is 0 Å². The van der Waals surface area contributed by atoms with Gasteiger partial charge in [-0.25, -0.2) is 15.0 Å². The molecule has 1 amide bonds. The van der Waals surface area contributed by atoms with Crippen molar-refractivity contribution in [2.24, 2.45) is 0 Å². The first-order valence-corrected chi connectivity index (χ1v) is 8.68. The van der Waals surface area contributed by atoms with E-state index in [-0.39, 0.29) is 18.4 Å². The van der Waals surface area contributed by atoms with Crippen molar-refractivity contribution in [3.05, 3.63) is 28.7 Å². The van der Waals surface area contributed by atoms with E-state index in [1.54, 1.807) is 11.3 Å². The number of methoxy groups -OCH3 is 1. The molecule has 0 bridgehead atoms. The molecular formula is C16H21N5O2S. The van der Waals surface area contributed by atoms with Gasteiger partial charge in [0, 0.05) is 43.3 Å². The van der Waals surface area contributed by atoms with E-state index in [2.05, 4.69) is 20.3 Å². The van der Waals surface area contributed by atoms with E-state index in [1.165, 1.54) is 7.11 Å². The smallest absolute Gasteiger partial charge is 0.248 e. The van der Waals surface area contributed by atoms with Crippen LogP contribution in [0.4, 0.5) is 10.9 Å². The zero-order valence-electron chi connectivity index (χ0n) is 14.1. The molecule has 24 heavy (non-hydrogen) atoms. The van der Waals surface area contributed by atoms with Crippen LogP contribution in [0.1, 0.15) is 28.7 Å². The summed E-state index contributed by atoms with van der Waals surface area (Å²) < 4.78 is 4.93. The third kappa shape index (κ3) is 3.88. The van der Waals surface area contributed by atoms with E-state index in [0.29, 0.717) is 12.4 Å². The zero-order valence-corrected chi connectivity index (χ0v) is 14.9. The third-order valence-corrected chi connectivity index (χ3v) is 4.77. The fraction of sp³-hybridized carbons (Fsp3) is 0.500. The van der Waals surface area contributed by atoms with Gasteiger partial charge in [-0.1, -0.05) is 0 Å². The Morgan fingerprint density at radius 2 is 2.29 bits per heavy atom. The highest BCUT2D eigenvalue weighted by Gasteiger charge is 2.28. The number of aromatic nitrogens is 3. The van der Waals surface area contributed by atoms with E-state index in [1.807, 2.05) is 31.0 Å². The van der Waals surface area contributed by atoms with E-state index in [4.69, 9.17) is 4.74 Å². The van der Waals surface area contributed by atoms with Crippen LogP contribution in [0.25, 0.3) is 0 Å². The maximum absolute atomic E-state index is 11.9. The minimum atomic E-state index is 0.0300. The molecule has 1 aliphatic heterocycles. The Morgan fingerprint density at radius 1 is 1.46 bits per heavy atom. The van der Waals surface area contributed by atoms with Gasteiger partial charge in [0.25, 0.3) is 0 Å². The Kier molecular flexibility index (Phi) is 5.06. The topological polar surface area (TPSA) is 80.2 Å². The van der Waals surface area contributed by atoms with Gasteiger partial charge in [-0.2, -0.15) is 0 Å². The van der Waals surface area contributed by atoms with Crippen LogP contribution in [-0.2, 0) is 9.53 Å². The average Bonchev–Trinajstić information content (AvgIpc) is 3.16. The first kappa shape index (κ1) is 16.8. The van der Waals surface area contributed by atoms with Crippen LogP contribution in [-0.4, -0.2) is 52.6 Å². The number of amides is 1. The summed E-state index contributed by atoms with van der Waals surface area (Å²) in [6.45, 7) is 5.44. The molecular weight excluding hydrogens is 326 g/mol. The van der Waals surface area contributed by atoms with Crippen LogP contribution in [0.15, 0.2) is 12.3 Å². The highest BCUT2D eigenvalue weighted by Crippen LogP contribution is 2.28. The number of aryl methyl sites for hydroxylation is 2. The number of rotatable bonds is 5. The van der Waals surface area contributed by atoms with Gasteiger partial charge < -0.3 is 15.0 Å². The second-order valence-corrected chi connectivity index (χ2v) is 7.12. The van der Waals surface area contributed by atoms with Gasteiger partial charge in [-0.05, 0) is 20.3 Å². The summed E-state index contributed by atoms with van der Waals surface area (Å²) in [5.74, 6) is 1.71. The number of nitrogens with one attached hydrogen (secondary N) is 1. The molecule has 2 aromatic heterocycles. The number of carbonyl (C=O) groups excluding carboxylic acids is 1. The summed E-state index contributed by atoms with van der Waals surface area (Å²) in [4.78, 5) is 28.2. The molecule has 1 saturated heterocycles. The molecule has 0 aromatic carbocycles. The van der Waals surface area contributed by atoms with Crippen LogP contribution < -0.4 is 5.32 Å². The monoisotopic (exact) mass is 347 g/mol. The molecule has 0 aliphatic carbocycles. The molecule has 1 atom stereocenters. The average molecular weight is 347 g/mol. The lowest BCUT2D eigenvalue weighted by molar-refractivity contribution is -0.134. The lowest BCUT2D eigenvalue weighted by atomic mass is 10.0. The summed E-state index contributed by atoms with van der Waals surface area (Å²) in [5, 5.41) is 4.06. The normalized spacial score (nSPS) is 17.3. The zero-order chi connectivity index (χ0) is 17.1. The van der Waals surface area contributed by atoms with Gasteiger partial charge in [-0.3, -0.25) is 4.79 Å². The number of likely N-dealkylation sites (tertiary alicyclic amines) is 1. The van der Waals surface area contributed by atoms with Gasteiger partial charge >= 0.3 is 0 Å². The van der Waals surface area contributed by atoms with Crippen molar-refractivity contribution in [2.45, 2.75) is 26.2 Å². The molecule has 0 spiro atoms. The van der Waals surface area contributed by atoms with Gasteiger partial charge in [0.1, 0.15) is 18.2 Å². The second kappa shape index (κ2) is 7.23. The van der Waals surface area contributed by atoms with Crippen molar-refractivity contribution in [1.29, 1.82) is 0 Å². The maximum atomic E-state index is 11.9. The van der Waals surface area contributed by atoms with E-state index < -0.39 is 0 Å². The predicted octanol–water partition coefficient (Wildman–Crippen LogP) is 2.26. The summed E-state index contributed by atoms with van der Waals surface area (Å²) in [6.07, 6.45) is 2.74. The molecule has 1 N–H and O–H groups in total. The Hall–Kier alpha value is -2.06. The molecule has 0 radical (unpaired) electrons. The molecule has 7 nitrogen and oxygen atoms in total. The van der Waals surface area contributed by atoms with Crippen LogP contribution in [0.3, 0.4) is 0 Å². The molecule has 1 aliphatic rings.